The quantitative estimate of drug-likeness (QED) is 0.418. The van der Waals surface area contributed by atoms with Crippen molar-refractivity contribution in [2.45, 2.75) is 104 Å². The third kappa shape index (κ3) is 4.54. The molecule has 1 aromatic carbocycles. The zero-order chi connectivity index (χ0) is 20.6. The second-order valence-electron chi connectivity index (χ2n) is 10.7. The zero-order valence-corrected chi connectivity index (χ0v) is 21.4. The summed E-state index contributed by atoms with van der Waals surface area (Å²) >= 11 is 0. The van der Waals surface area contributed by atoms with E-state index < -0.39 is 0 Å². The van der Waals surface area contributed by atoms with Crippen LogP contribution in [0.2, 0.25) is 0 Å². The first-order valence-electron chi connectivity index (χ1n) is 11.9. The molecule has 0 spiro atoms. The summed E-state index contributed by atoms with van der Waals surface area (Å²) in [5.74, 6) is 3.29. The van der Waals surface area contributed by atoms with Crippen LogP contribution in [-0.4, -0.2) is 22.6 Å². The van der Waals surface area contributed by atoms with Crippen molar-refractivity contribution in [3.63, 3.8) is 0 Å². The van der Waals surface area contributed by atoms with E-state index in [4.69, 9.17) is 0 Å². The fraction of sp³-hybridized carbons (Fsp3) is 0.769. The molecule has 0 radical (unpaired) electrons. The molecule has 3 rings (SSSR count). The molecule has 158 valence electrons. The molecule has 2 heterocycles. The van der Waals surface area contributed by atoms with Crippen LogP contribution < -0.4 is 10.6 Å². The molecular weight excluding hydrogens is 374 g/mol. The highest BCUT2D eigenvalue weighted by molar-refractivity contribution is 7.69. The van der Waals surface area contributed by atoms with Crippen LogP contribution in [-0.2, 0) is 0 Å². The molecule has 0 aromatic heterocycles. The molecule has 28 heavy (non-hydrogen) atoms. The first-order valence-corrected chi connectivity index (χ1v) is 14.8. The molecule has 1 aromatic rings. The average Bonchev–Trinajstić information content (AvgIpc) is 3.26. The van der Waals surface area contributed by atoms with Crippen LogP contribution >= 0.6 is 15.8 Å². The van der Waals surface area contributed by atoms with Crippen molar-refractivity contribution in [2.24, 2.45) is 23.7 Å². The molecule has 4 atom stereocenters. The fourth-order valence-corrected chi connectivity index (χ4v) is 13.9. The monoisotopic (exact) mass is 418 g/mol. The van der Waals surface area contributed by atoms with Crippen LogP contribution in [0.5, 0.6) is 0 Å². The molecule has 0 amide bonds. The van der Waals surface area contributed by atoms with Gasteiger partial charge in [0.2, 0.25) is 0 Å². The number of hydrogen-bond acceptors (Lipinski definition) is 0. The molecule has 0 saturated carbocycles. The molecule has 2 aliphatic heterocycles. The minimum Gasteiger partial charge on any atom is -0.0684 e. The van der Waals surface area contributed by atoms with Crippen molar-refractivity contribution in [2.75, 3.05) is 0 Å². The summed E-state index contributed by atoms with van der Waals surface area (Å²) in [7, 11) is -0.0508. The Morgan fingerprint density at radius 1 is 0.571 bits per heavy atom. The molecular formula is C26H44P2. The van der Waals surface area contributed by atoms with E-state index in [0.29, 0.717) is 0 Å². The Labute approximate surface area is 178 Å². The van der Waals surface area contributed by atoms with Gasteiger partial charge < -0.3 is 0 Å². The summed E-state index contributed by atoms with van der Waals surface area (Å²) in [4.78, 5) is 0. The molecule has 2 aliphatic rings. The largest absolute Gasteiger partial charge is 0.0684 e. The molecule has 0 N–H and O–H groups in total. The second-order valence-corrected chi connectivity index (χ2v) is 16.0. The van der Waals surface area contributed by atoms with Crippen LogP contribution in [0.15, 0.2) is 24.3 Å². The van der Waals surface area contributed by atoms with Crippen molar-refractivity contribution >= 4 is 26.5 Å². The van der Waals surface area contributed by atoms with E-state index in [9.17, 15) is 0 Å². The first kappa shape index (κ1) is 22.8. The normalized spacial score (nSPS) is 33.7. The Morgan fingerprint density at radius 3 is 1.11 bits per heavy atom. The van der Waals surface area contributed by atoms with Crippen LogP contribution in [0.1, 0.15) is 81.1 Å². The van der Waals surface area contributed by atoms with Crippen LogP contribution in [0.25, 0.3) is 0 Å². The van der Waals surface area contributed by atoms with Crippen LogP contribution in [0, 0.1) is 23.7 Å². The van der Waals surface area contributed by atoms with E-state index in [-0.39, 0.29) is 15.8 Å². The summed E-state index contributed by atoms with van der Waals surface area (Å²) in [6.45, 7) is 19.8. The van der Waals surface area contributed by atoms with E-state index in [1.165, 1.54) is 25.7 Å². The van der Waals surface area contributed by atoms with Gasteiger partial charge in [-0.3, -0.25) is 0 Å². The topological polar surface area (TPSA) is 0 Å². The minimum atomic E-state index is -0.0254. The van der Waals surface area contributed by atoms with E-state index in [1.807, 2.05) is 0 Å². The maximum absolute atomic E-state index is 2.73. The van der Waals surface area contributed by atoms with Gasteiger partial charge in [-0.15, -0.1) is 0 Å². The fourth-order valence-electron chi connectivity index (χ4n) is 5.93. The highest BCUT2D eigenvalue weighted by Crippen LogP contribution is 2.61. The lowest BCUT2D eigenvalue weighted by atomic mass is 10.0. The Morgan fingerprint density at radius 2 is 0.857 bits per heavy atom. The van der Waals surface area contributed by atoms with Crippen molar-refractivity contribution in [1.82, 2.24) is 0 Å². The van der Waals surface area contributed by atoms with E-state index >= 15 is 0 Å². The minimum absolute atomic E-state index is 0.0254. The molecule has 2 heteroatoms. The number of rotatable bonds is 6. The predicted molar refractivity (Wildman–Crippen MR) is 133 cm³/mol. The highest BCUT2D eigenvalue weighted by atomic mass is 31.1. The third-order valence-electron chi connectivity index (χ3n) is 7.45. The van der Waals surface area contributed by atoms with E-state index in [1.54, 1.807) is 10.6 Å². The van der Waals surface area contributed by atoms with Gasteiger partial charge in [-0.2, -0.15) is 0 Å². The molecule has 0 aliphatic carbocycles. The van der Waals surface area contributed by atoms with E-state index in [2.05, 4.69) is 79.7 Å². The Bertz CT molecular complexity index is 550. The van der Waals surface area contributed by atoms with E-state index in [0.717, 1.165) is 46.3 Å². The lowest BCUT2D eigenvalue weighted by Gasteiger charge is -2.34. The molecule has 4 unspecified atom stereocenters. The van der Waals surface area contributed by atoms with Crippen molar-refractivity contribution in [3.8, 4) is 0 Å². The number of hydrogen-bond donors (Lipinski definition) is 0. The maximum atomic E-state index is 2.73. The summed E-state index contributed by atoms with van der Waals surface area (Å²) < 4.78 is 0. The van der Waals surface area contributed by atoms with Gasteiger partial charge in [0.15, 0.2) is 0 Å². The molecule has 0 bridgehead atoms. The van der Waals surface area contributed by atoms with Gasteiger partial charge in [-0.05, 0) is 88.7 Å². The predicted octanol–water partition coefficient (Wildman–Crippen LogP) is 7.59. The van der Waals surface area contributed by atoms with Gasteiger partial charge in [0.05, 0.1) is 0 Å². The van der Waals surface area contributed by atoms with Crippen molar-refractivity contribution in [3.05, 3.63) is 24.3 Å². The number of benzene rings is 1. The maximum Gasteiger partial charge on any atom is -0.0143 e. The molecule has 2 fully saturated rings. The van der Waals surface area contributed by atoms with Crippen LogP contribution in [0.3, 0.4) is 0 Å². The smallest absolute Gasteiger partial charge is 0.0143 e. The third-order valence-corrected chi connectivity index (χ3v) is 15.5. The van der Waals surface area contributed by atoms with Crippen molar-refractivity contribution in [1.29, 1.82) is 0 Å². The Hall–Kier alpha value is 0.0800. The first-order chi connectivity index (χ1) is 13.2. The van der Waals surface area contributed by atoms with Gasteiger partial charge >= 0.3 is 0 Å². The summed E-state index contributed by atoms with van der Waals surface area (Å²) in [6, 6.07) is 10.2. The Balaban J connectivity index is 1.98. The van der Waals surface area contributed by atoms with Crippen molar-refractivity contribution < 1.29 is 0 Å². The summed E-state index contributed by atoms with van der Waals surface area (Å²) in [5.41, 5.74) is 3.71. The van der Waals surface area contributed by atoms with Gasteiger partial charge in [0, 0.05) is 0 Å². The second kappa shape index (κ2) is 9.48. The Kier molecular flexibility index (Phi) is 7.70. The van der Waals surface area contributed by atoms with Crippen LogP contribution in [0.4, 0.5) is 0 Å². The van der Waals surface area contributed by atoms with Gasteiger partial charge in [-0.1, -0.05) is 89.4 Å². The summed E-state index contributed by atoms with van der Waals surface area (Å²) in [5, 5.41) is 3.48. The molecule has 2 saturated heterocycles. The SMILES string of the molecule is CC(C)C1CCC(C(C)C)P1c1cccc(P2C(C(C)C)CCC2C(C)C)c1. The lowest BCUT2D eigenvalue weighted by molar-refractivity contribution is 0.543. The highest BCUT2D eigenvalue weighted by Gasteiger charge is 2.42. The molecule has 0 nitrogen and oxygen atoms in total. The van der Waals surface area contributed by atoms with Gasteiger partial charge in [-0.25, -0.2) is 0 Å². The average molecular weight is 419 g/mol. The van der Waals surface area contributed by atoms with Gasteiger partial charge in [0.1, 0.15) is 0 Å². The lowest BCUT2D eigenvalue weighted by Crippen LogP contribution is -2.26. The van der Waals surface area contributed by atoms with Gasteiger partial charge in [0.25, 0.3) is 0 Å². The zero-order valence-electron chi connectivity index (χ0n) is 19.7. The standard InChI is InChI=1S/C26H44P2/c1-17(2)23-12-13-24(18(3)4)27(23)21-10-9-11-22(16-21)28-25(19(5)6)14-15-26(28)20(7)8/h9-11,16-20,23-26H,12-15H2,1-8H3. The summed E-state index contributed by atoms with van der Waals surface area (Å²) in [6.07, 6.45) is 5.81.